The van der Waals surface area contributed by atoms with Crippen LogP contribution in [0.1, 0.15) is 29.5 Å². The van der Waals surface area contributed by atoms with Crippen LogP contribution in [0.25, 0.3) is 16.9 Å². The van der Waals surface area contributed by atoms with Crippen molar-refractivity contribution in [2.75, 3.05) is 13.2 Å². The molecule has 4 aromatic rings. The number of aryl methyl sites for hydroxylation is 1. The molecular formula is C23H24N4O3. The minimum absolute atomic E-state index is 0.0169. The number of aromatic amines is 1. The van der Waals surface area contributed by atoms with Gasteiger partial charge >= 0.3 is 0 Å². The van der Waals surface area contributed by atoms with E-state index < -0.39 is 0 Å². The Bertz CT molecular complexity index is 1270. The first-order chi connectivity index (χ1) is 14.6. The maximum absolute atomic E-state index is 13.1. The minimum Gasteiger partial charge on any atom is -0.494 e. The van der Waals surface area contributed by atoms with Gasteiger partial charge in [0.15, 0.2) is 5.65 Å². The van der Waals surface area contributed by atoms with Crippen molar-refractivity contribution in [1.29, 1.82) is 0 Å². The molecule has 7 heteroatoms. The summed E-state index contributed by atoms with van der Waals surface area (Å²) in [6.45, 7) is 6.76. The number of nitrogens with zero attached hydrogens (tertiary/aromatic N) is 3. The van der Waals surface area contributed by atoms with Crippen LogP contribution in [0.4, 0.5) is 0 Å². The molecule has 1 aromatic carbocycles. The van der Waals surface area contributed by atoms with Crippen molar-refractivity contribution in [3.8, 4) is 17.0 Å². The van der Waals surface area contributed by atoms with Gasteiger partial charge in [0, 0.05) is 42.4 Å². The third-order valence-electron chi connectivity index (χ3n) is 5.66. The molecule has 0 atom stereocenters. The van der Waals surface area contributed by atoms with Crippen LogP contribution in [-0.2, 0) is 19.5 Å². The second-order valence-electron chi connectivity index (χ2n) is 7.60. The highest BCUT2D eigenvalue weighted by Gasteiger charge is 2.23. The van der Waals surface area contributed by atoms with E-state index in [1.54, 1.807) is 10.8 Å². The molecule has 0 spiro atoms. The van der Waals surface area contributed by atoms with E-state index in [1.807, 2.05) is 44.2 Å². The molecule has 1 N–H and O–H groups in total. The lowest BCUT2D eigenvalue weighted by atomic mass is 10.1. The summed E-state index contributed by atoms with van der Waals surface area (Å²) >= 11 is 0. The first kappa shape index (κ1) is 18.7. The Morgan fingerprint density at radius 2 is 2.13 bits per heavy atom. The topological polar surface area (TPSA) is 75.8 Å². The standard InChI is InChI=1S/C23H24N4O3/c1-3-29-21-7-5-4-6-16(21)13-26-10-8-18-20(14-26)24-22-12-19(25-27(22)23(18)28)17-9-11-30-15(17)2/h4-7,9,11-12,25H,3,8,10,13-14H2,1-2H3. The van der Waals surface area contributed by atoms with Gasteiger partial charge in [-0.05, 0) is 32.4 Å². The third-order valence-corrected chi connectivity index (χ3v) is 5.66. The molecule has 0 radical (unpaired) electrons. The lowest BCUT2D eigenvalue weighted by molar-refractivity contribution is 0.234. The molecule has 154 valence electrons. The van der Waals surface area contributed by atoms with Crippen LogP contribution in [0.2, 0.25) is 0 Å². The highest BCUT2D eigenvalue weighted by Crippen LogP contribution is 2.26. The van der Waals surface area contributed by atoms with Crippen LogP contribution < -0.4 is 10.3 Å². The Balaban J connectivity index is 1.46. The van der Waals surface area contributed by atoms with Crippen molar-refractivity contribution in [2.24, 2.45) is 0 Å². The molecule has 30 heavy (non-hydrogen) atoms. The number of benzene rings is 1. The van der Waals surface area contributed by atoms with Crippen molar-refractivity contribution >= 4 is 5.65 Å². The average Bonchev–Trinajstić information content (AvgIpc) is 3.35. The molecule has 7 nitrogen and oxygen atoms in total. The molecule has 0 saturated heterocycles. The van der Waals surface area contributed by atoms with Crippen molar-refractivity contribution in [1.82, 2.24) is 19.5 Å². The number of fused-ring (bicyclic) bond motifs is 2. The molecule has 1 aliphatic rings. The predicted molar refractivity (Wildman–Crippen MR) is 114 cm³/mol. The molecule has 5 rings (SSSR count). The number of hydrogen-bond acceptors (Lipinski definition) is 5. The largest absolute Gasteiger partial charge is 0.494 e. The molecule has 0 fully saturated rings. The lowest BCUT2D eigenvalue weighted by Crippen LogP contribution is -2.36. The maximum atomic E-state index is 13.1. The second-order valence-corrected chi connectivity index (χ2v) is 7.60. The van der Waals surface area contributed by atoms with E-state index in [0.29, 0.717) is 25.2 Å². The van der Waals surface area contributed by atoms with Gasteiger partial charge in [0.2, 0.25) is 0 Å². The number of hydrogen-bond donors (Lipinski definition) is 1. The Morgan fingerprint density at radius 3 is 2.93 bits per heavy atom. The Kier molecular flexibility index (Phi) is 4.67. The number of nitrogens with one attached hydrogen (secondary N) is 1. The fourth-order valence-electron chi connectivity index (χ4n) is 4.16. The zero-order valence-corrected chi connectivity index (χ0v) is 17.1. The lowest BCUT2D eigenvalue weighted by Gasteiger charge is -2.28. The highest BCUT2D eigenvalue weighted by molar-refractivity contribution is 5.65. The number of furan rings is 1. The second kappa shape index (κ2) is 7.50. The van der Waals surface area contributed by atoms with Crippen molar-refractivity contribution in [3.05, 3.63) is 75.6 Å². The van der Waals surface area contributed by atoms with Gasteiger partial charge in [-0.2, -0.15) is 0 Å². The average molecular weight is 404 g/mol. The van der Waals surface area contributed by atoms with Crippen molar-refractivity contribution in [2.45, 2.75) is 33.4 Å². The molecule has 0 saturated carbocycles. The first-order valence-electron chi connectivity index (χ1n) is 10.2. The predicted octanol–water partition coefficient (Wildman–Crippen LogP) is 3.55. The van der Waals surface area contributed by atoms with Crippen molar-refractivity contribution in [3.63, 3.8) is 0 Å². The number of aromatic nitrogens is 3. The fraction of sp³-hybridized carbons (Fsp3) is 0.304. The van der Waals surface area contributed by atoms with Gasteiger partial charge in [-0.15, -0.1) is 0 Å². The van der Waals surface area contributed by atoms with Gasteiger partial charge in [-0.3, -0.25) is 14.8 Å². The number of ether oxygens (including phenoxy) is 1. The molecule has 0 aliphatic carbocycles. The summed E-state index contributed by atoms with van der Waals surface area (Å²) < 4.78 is 12.7. The molecule has 1 aliphatic heterocycles. The van der Waals surface area contributed by atoms with Gasteiger partial charge in [0.25, 0.3) is 5.56 Å². The zero-order valence-electron chi connectivity index (χ0n) is 17.1. The number of rotatable bonds is 5. The van der Waals surface area contributed by atoms with E-state index >= 15 is 0 Å². The first-order valence-corrected chi connectivity index (χ1v) is 10.2. The Labute approximate surface area is 173 Å². The minimum atomic E-state index is -0.0169. The normalized spacial score (nSPS) is 14.2. The van der Waals surface area contributed by atoms with Gasteiger partial charge in [0.1, 0.15) is 11.5 Å². The van der Waals surface area contributed by atoms with Crippen LogP contribution in [0, 0.1) is 6.92 Å². The highest BCUT2D eigenvalue weighted by atomic mass is 16.5. The smallest absolute Gasteiger partial charge is 0.276 e. The molecular weight excluding hydrogens is 380 g/mol. The van der Waals surface area contributed by atoms with E-state index in [9.17, 15) is 4.79 Å². The van der Waals surface area contributed by atoms with Gasteiger partial charge in [-0.25, -0.2) is 9.50 Å². The van der Waals surface area contributed by atoms with Gasteiger partial charge in [-0.1, -0.05) is 18.2 Å². The van der Waals surface area contributed by atoms with Crippen LogP contribution in [0.15, 0.2) is 51.9 Å². The van der Waals surface area contributed by atoms with Gasteiger partial charge in [0.05, 0.1) is 24.3 Å². The number of H-pyrrole nitrogens is 1. The van der Waals surface area contributed by atoms with Gasteiger partial charge < -0.3 is 9.15 Å². The Morgan fingerprint density at radius 1 is 1.27 bits per heavy atom. The van der Waals surface area contributed by atoms with Crippen LogP contribution >= 0.6 is 0 Å². The molecule has 0 unspecified atom stereocenters. The monoisotopic (exact) mass is 404 g/mol. The van der Waals surface area contributed by atoms with Crippen molar-refractivity contribution < 1.29 is 9.15 Å². The quantitative estimate of drug-likeness (QED) is 0.551. The van der Waals surface area contributed by atoms with E-state index in [4.69, 9.17) is 14.1 Å². The summed E-state index contributed by atoms with van der Waals surface area (Å²) in [7, 11) is 0. The number of para-hydroxylation sites is 1. The summed E-state index contributed by atoms with van der Waals surface area (Å²) in [5, 5.41) is 3.18. The van der Waals surface area contributed by atoms with E-state index in [1.165, 1.54) is 0 Å². The third kappa shape index (κ3) is 3.21. The maximum Gasteiger partial charge on any atom is 0.276 e. The summed E-state index contributed by atoms with van der Waals surface area (Å²) in [5.41, 5.74) is 5.18. The summed E-state index contributed by atoms with van der Waals surface area (Å²) in [5.74, 6) is 1.72. The van der Waals surface area contributed by atoms with Crippen LogP contribution in [0.5, 0.6) is 5.75 Å². The SMILES string of the molecule is CCOc1ccccc1CN1CCc2c(nc3cc(-c4ccoc4C)[nH]n3c2=O)C1. The molecule has 0 amide bonds. The van der Waals surface area contributed by atoms with Crippen LogP contribution in [-0.4, -0.2) is 32.6 Å². The Hall–Kier alpha value is -3.32. The van der Waals surface area contributed by atoms with E-state index in [0.717, 1.165) is 52.7 Å². The zero-order chi connectivity index (χ0) is 20.7. The summed E-state index contributed by atoms with van der Waals surface area (Å²) in [4.78, 5) is 20.2. The molecule has 4 heterocycles. The summed E-state index contributed by atoms with van der Waals surface area (Å²) in [6.07, 6.45) is 2.33. The van der Waals surface area contributed by atoms with E-state index in [2.05, 4.69) is 16.1 Å². The van der Waals surface area contributed by atoms with Crippen LogP contribution in [0.3, 0.4) is 0 Å². The molecule has 0 bridgehead atoms. The molecule has 3 aromatic heterocycles. The summed E-state index contributed by atoms with van der Waals surface area (Å²) in [6, 6.07) is 11.9. The fourth-order valence-corrected chi connectivity index (χ4v) is 4.16. The van der Waals surface area contributed by atoms with E-state index in [-0.39, 0.29) is 5.56 Å².